The lowest BCUT2D eigenvalue weighted by Crippen LogP contribution is -2.22. The fraction of sp³-hybridized carbons (Fsp3) is 0.429. The van der Waals surface area contributed by atoms with E-state index in [2.05, 4.69) is 30.2 Å². The molecule has 3 rings (SSSR count). The van der Waals surface area contributed by atoms with E-state index in [1.165, 1.54) is 12.8 Å². The first-order valence-corrected chi connectivity index (χ1v) is 6.92. The van der Waals surface area contributed by atoms with Crippen molar-refractivity contribution < 1.29 is 0 Å². The summed E-state index contributed by atoms with van der Waals surface area (Å²) in [4.78, 5) is 19.8. The average molecular weight is 270 g/mol. The number of hydrogen-bond donors (Lipinski definition) is 1. The van der Waals surface area contributed by atoms with Gasteiger partial charge in [0.2, 0.25) is 11.9 Å². The molecule has 0 atom stereocenters. The summed E-state index contributed by atoms with van der Waals surface area (Å²) in [6.45, 7) is 2.05. The van der Waals surface area contributed by atoms with E-state index in [1.54, 1.807) is 6.20 Å². The number of rotatable bonds is 4. The zero-order chi connectivity index (χ0) is 13.8. The largest absolute Gasteiger partial charge is 0.357 e. The number of anilines is 2. The summed E-state index contributed by atoms with van der Waals surface area (Å²) in [5.74, 6) is 2.18. The Balaban J connectivity index is 1.87. The minimum atomic E-state index is 0.626. The van der Waals surface area contributed by atoms with Gasteiger partial charge in [0.25, 0.3) is 0 Å². The summed E-state index contributed by atoms with van der Waals surface area (Å²) in [6.07, 6.45) is 6.70. The van der Waals surface area contributed by atoms with Crippen LogP contribution in [0.1, 0.15) is 24.2 Å². The van der Waals surface area contributed by atoms with Crippen LogP contribution in [0.2, 0.25) is 0 Å². The SMILES string of the molecule is CNc1nc(Cc2cccnc2)nc(N2CCCC2)n1. The molecule has 0 saturated carbocycles. The fourth-order valence-electron chi connectivity index (χ4n) is 2.34. The highest BCUT2D eigenvalue weighted by Gasteiger charge is 2.17. The predicted molar refractivity (Wildman–Crippen MR) is 77.9 cm³/mol. The molecule has 0 aromatic carbocycles. The minimum absolute atomic E-state index is 0.626. The molecule has 1 saturated heterocycles. The second-order valence-corrected chi connectivity index (χ2v) is 4.86. The molecule has 0 aliphatic carbocycles. The molecule has 0 radical (unpaired) electrons. The van der Waals surface area contributed by atoms with Crippen molar-refractivity contribution in [2.75, 3.05) is 30.4 Å². The molecule has 1 aliphatic heterocycles. The van der Waals surface area contributed by atoms with Crippen LogP contribution in [0.3, 0.4) is 0 Å². The van der Waals surface area contributed by atoms with Crippen LogP contribution in [-0.4, -0.2) is 40.1 Å². The Labute approximate surface area is 118 Å². The van der Waals surface area contributed by atoms with Crippen molar-refractivity contribution in [2.24, 2.45) is 0 Å². The number of nitrogens with zero attached hydrogens (tertiary/aromatic N) is 5. The Morgan fingerprint density at radius 2 is 2.05 bits per heavy atom. The van der Waals surface area contributed by atoms with Crippen molar-refractivity contribution >= 4 is 11.9 Å². The minimum Gasteiger partial charge on any atom is -0.357 e. The molecule has 6 nitrogen and oxygen atoms in total. The first-order valence-electron chi connectivity index (χ1n) is 6.92. The van der Waals surface area contributed by atoms with Gasteiger partial charge in [-0.3, -0.25) is 4.98 Å². The van der Waals surface area contributed by atoms with E-state index >= 15 is 0 Å². The van der Waals surface area contributed by atoms with Gasteiger partial charge in [0.05, 0.1) is 0 Å². The van der Waals surface area contributed by atoms with E-state index in [0.29, 0.717) is 12.4 Å². The van der Waals surface area contributed by atoms with Crippen LogP contribution in [0.25, 0.3) is 0 Å². The standard InChI is InChI=1S/C14H18N6/c1-15-13-17-12(9-11-5-4-6-16-10-11)18-14(19-13)20-7-2-3-8-20/h4-6,10H,2-3,7-9H2,1H3,(H,15,17,18,19). The molecule has 104 valence electrons. The summed E-state index contributed by atoms with van der Waals surface area (Å²) in [5, 5.41) is 3.01. The maximum absolute atomic E-state index is 4.59. The Kier molecular flexibility index (Phi) is 3.71. The molecule has 0 bridgehead atoms. The second-order valence-electron chi connectivity index (χ2n) is 4.86. The lowest BCUT2D eigenvalue weighted by Gasteiger charge is -2.16. The van der Waals surface area contributed by atoms with Crippen molar-refractivity contribution in [3.8, 4) is 0 Å². The fourth-order valence-corrected chi connectivity index (χ4v) is 2.34. The van der Waals surface area contributed by atoms with Gasteiger partial charge in [-0.15, -0.1) is 0 Å². The van der Waals surface area contributed by atoms with E-state index in [-0.39, 0.29) is 0 Å². The first kappa shape index (κ1) is 12.8. The zero-order valence-electron chi connectivity index (χ0n) is 11.6. The van der Waals surface area contributed by atoms with Gasteiger partial charge in [-0.1, -0.05) is 6.07 Å². The number of pyridine rings is 1. The maximum Gasteiger partial charge on any atom is 0.230 e. The predicted octanol–water partition coefficient (Wildman–Crippen LogP) is 1.50. The van der Waals surface area contributed by atoms with Crippen molar-refractivity contribution in [3.05, 3.63) is 35.9 Å². The first-order chi connectivity index (χ1) is 9.85. The molecular weight excluding hydrogens is 252 g/mol. The third-order valence-electron chi connectivity index (χ3n) is 3.37. The highest BCUT2D eigenvalue weighted by Crippen LogP contribution is 2.17. The molecule has 6 heteroatoms. The van der Waals surface area contributed by atoms with E-state index in [0.717, 1.165) is 30.4 Å². The van der Waals surface area contributed by atoms with Crippen LogP contribution in [0.15, 0.2) is 24.5 Å². The zero-order valence-corrected chi connectivity index (χ0v) is 11.6. The average Bonchev–Trinajstić information content (AvgIpc) is 3.02. The number of nitrogens with one attached hydrogen (secondary N) is 1. The molecule has 0 amide bonds. The molecule has 20 heavy (non-hydrogen) atoms. The summed E-state index contributed by atoms with van der Waals surface area (Å²) >= 11 is 0. The topological polar surface area (TPSA) is 66.8 Å². The maximum atomic E-state index is 4.59. The third kappa shape index (κ3) is 2.84. The monoisotopic (exact) mass is 270 g/mol. The van der Waals surface area contributed by atoms with Crippen molar-refractivity contribution in [1.29, 1.82) is 0 Å². The molecule has 3 heterocycles. The van der Waals surface area contributed by atoms with Crippen LogP contribution < -0.4 is 10.2 Å². The van der Waals surface area contributed by atoms with Crippen LogP contribution in [0.4, 0.5) is 11.9 Å². The van der Waals surface area contributed by atoms with Gasteiger partial charge in [-0.05, 0) is 24.5 Å². The Morgan fingerprint density at radius 1 is 1.20 bits per heavy atom. The van der Waals surface area contributed by atoms with Gasteiger partial charge < -0.3 is 10.2 Å². The highest BCUT2D eigenvalue weighted by atomic mass is 15.3. The molecule has 2 aromatic heterocycles. The second kappa shape index (κ2) is 5.81. The van der Waals surface area contributed by atoms with Gasteiger partial charge in [0, 0.05) is 39.0 Å². The van der Waals surface area contributed by atoms with Crippen LogP contribution in [0, 0.1) is 0 Å². The number of hydrogen-bond acceptors (Lipinski definition) is 6. The van der Waals surface area contributed by atoms with Crippen molar-refractivity contribution in [2.45, 2.75) is 19.3 Å². The Morgan fingerprint density at radius 3 is 2.75 bits per heavy atom. The summed E-state index contributed by atoms with van der Waals surface area (Å²) in [6, 6.07) is 3.96. The van der Waals surface area contributed by atoms with Gasteiger partial charge in [-0.25, -0.2) is 0 Å². The highest BCUT2D eigenvalue weighted by molar-refractivity contribution is 5.38. The van der Waals surface area contributed by atoms with Gasteiger partial charge in [0.15, 0.2) is 0 Å². The van der Waals surface area contributed by atoms with E-state index in [1.807, 2.05) is 25.4 Å². The molecule has 1 N–H and O–H groups in total. The lowest BCUT2D eigenvalue weighted by atomic mass is 10.2. The molecule has 0 unspecified atom stereocenters. The molecule has 0 spiro atoms. The van der Waals surface area contributed by atoms with E-state index in [9.17, 15) is 0 Å². The van der Waals surface area contributed by atoms with Crippen LogP contribution in [0.5, 0.6) is 0 Å². The molecule has 1 fully saturated rings. The summed E-state index contributed by atoms with van der Waals surface area (Å²) in [7, 11) is 1.83. The normalized spacial score (nSPS) is 14.6. The van der Waals surface area contributed by atoms with Crippen molar-refractivity contribution in [1.82, 2.24) is 19.9 Å². The van der Waals surface area contributed by atoms with Crippen molar-refractivity contribution in [3.63, 3.8) is 0 Å². The smallest absolute Gasteiger partial charge is 0.230 e. The van der Waals surface area contributed by atoms with Crippen LogP contribution >= 0.6 is 0 Å². The molecule has 1 aliphatic rings. The molecule has 2 aromatic rings. The Bertz CT molecular complexity index is 565. The quantitative estimate of drug-likeness (QED) is 0.908. The van der Waals surface area contributed by atoms with E-state index < -0.39 is 0 Å². The molecular formula is C14H18N6. The van der Waals surface area contributed by atoms with Gasteiger partial charge in [-0.2, -0.15) is 15.0 Å². The number of aromatic nitrogens is 4. The third-order valence-corrected chi connectivity index (χ3v) is 3.37. The summed E-state index contributed by atoms with van der Waals surface area (Å²) < 4.78 is 0. The lowest BCUT2D eigenvalue weighted by molar-refractivity contribution is 0.844. The van der Waals surface area contributed by atoms with Crippen LogP contribution in [-0.2, 0) is 6.42 Å². The van der Waals surface area contributed by atoms with Gasteiger partial charge >= 0.3 is 0 Å². The van der Waals surface area contributed by atoms with Gasteiger partial charge in [0.1, 0.15) is 5.82 Å². The van der Waals surface area contributed by atoms with E-state index in [4.69, 9.17) is 0 Å². The summed E-state index contributed by atoms with van der Waals surface area (Å²) in [5.41, 5.74) is 1.10. The Hall–Kier alpha value is -2.24.